The molecule has 406 valence electrons. The Bertz CT molecular complexity index is 2890. The number of amides is 5. The number of ether oxygens (including phenoxy) is 2. The summed E-state index contributed by atoms with van der Waals surface area (Å²) in [6.07, 6.45) is 3.01. The number of nitrogens with zero attached hydrogens (tertiary/aromatic N) is 6. The first-order valence-corrected chi connectivity index (χ1v) is 26.1. The molecule has 1 aromatic heterocycles. The Morgan fingerprint density at radius 3 is 2.09 bits per heavy atom. The average Bonchev–Trinajstić information content (AvgIpc) is 4.06. The molecule has 20 heteroatoms. The van der Waals surface area contributed by atoms with Crippen LogP contribution in [-0.2, 0) is 61.7 Å². The predicted octanol–water partition coefficient (Wildman–Crippen LogP) is 8.12. The van der Waals surface area contributed by atoms with Crippen LogP contribution in [0.25, 0.3) is 11.3 Å². The normalized spacial score (nSPS) is 21.9. The van der Waals surface area contributed by atoms with E-state index in [1.165, 1.54) is 55.7 Å². The van der Waals surface area contributed by atoms with E-state index >= 15 is 9.18 Å². The number of likely N-dealkylation sites (tertiary alicyclic amines) is 1. The molecule has 6 atom stereocenters. The van der Waals surface area contributed by atoms with Crippen LogP contribution in [0.15, 0.2) is 85.1 Å². The van der Waals surface area contributed by atoms with Gasteiger partial charge < -0.3 is 39.4 Å². The summed E-state index contributed by atoms with van der Waals surface area (Å²) in [7, 11) is 6.32. The van der Waals surface area contributed by atoms with E-state index in [0.717, 1.165) is 54.4 Å². The zero-order valence-corrected chi connectivity index (χ0v) is 45.3. The van der Waals surface area contributed by atoms with Crippen molar-refractivity contribution in [1.29, 1.82) is 0 Å². The van der Waals surface area contributed by atoms with E-state index in [2.05, 4.69) is 20.1 Å². The molecule has 2 N–H and O–H groups in total. The number of carbonyl (C=O) groups excluding carboxylic acids is 5. The highest BCUT2D eigenvalue weighted by Crippen LogP contribution is 2.33. The lowest BCUT2D eigenvalue weighted by Gasteiger charge is -2.36. The lowest BCUT2D eigenvalue weighted by Crippen LogP contribution is -2.58. The molecule has 0 spiro atoms. The van der Waals surface area contributed by atoms with Crippen LogP contribution in [0.2, 0.25) is 10.0 Å². The SMILES string of the molecule is COC[C@@H]1NC(=O)[C@H](C)N(Cc2ccc(Cl)cc2Oc2ccc(-c3cnc(CN4CCCC4)n3C)cc2)C(=O)C[C@@H](Cc2ccc(F)c(F)c2F)C(=O)N(C)[C@@H](C)[C@H](C)NC(=O)C[C@H](Cc2ccc(Cl)cc2)N(C)C1=O. The summed E-state index contributed by atoms with van der Waals surface area (Å²) in [5.41, 5.74) is 2.60. The van der Waals surface area contributed by atoms with Gasteiger partial charge in [0, 0.05) is 80.4 Å². The highest BCUT2D eigenvalue weighted by molar-refractivity contribution is 6.31. The van der Waals surface area contributed by atoms with Gasteiger partial charge in [0.15, 0.2) is 17.5 Å². The van der Waals surface area contributed by atoms with Crippen LogP contribution in [-0.4, -0.2) is 130 Å². The fourth-order valence-corrected chi connectivity index (χ4v) is 9.97. The number of hydrogen-bond donors (Lipinski definition) is 2. The van der Waals surface area contributed by atoms with Crippen molar-refractivity contribution >= 4 is 52.7 Å². The van der Waals surface area contributed by atoms with Crippen molar-refractivity contribution in [1.82, 2.24) is 39.8 Å². The first kappa shape index (κ1) is 57.2. The molecule has 76 heavy (non-hydrogen) atoms. The monoisotopic (exact) mass is 1090 g/mol. The summed E-state index contributed by atoms with van der Waals surface area (Å²) in [6.45, 7) is 7.04. The smallest absolute Gasteiger partial charge is 0.247 e. The second-order valence-corrected chi connectivity index (χ2v) is 20.7. The molecule has 7 rings (SSSR count). The Kier molecular flexibility index (Phi) is 19.3. The second kappa shape index (κ2) is 25.6. The van der Waals surface area contributed by atoms with E-state index in [4.69, 9.17) is 37.7 Å². The maximum atomic E-state index is 15.5. The molecule has 2 saturated heterocycles. The zero-order valence-electron chi connectivity index (χ0n) is 43.8. The number of aromatic nitrogens is 2. The van der Waals surface area contributed by atoms with Gasteiger partial charge in [-0.05, 0) is 125 Å². The van der Waals surface area contributed by atoms with Gasteiger partial charge in [0.25, 0.3) is 0 Å². The van der Waals surface area contributed by atoms with E-state index < -0.39 is 96.0 Å². The van der Waals surface area contributed by atoms with E-state index in [1.54, 1.807) is 68.4 Å². The lowest BCUT2D eigenvalue weighted by molar-refractivity contribution is -0.147. The second-order valence-electron chi connectivity index (χ2n) is 19.8. The Morgan fingerprint density at radius 1 is 0.737 bits per heavy atom. The summed E-state index contributed by atoms with van der Waals surface area (Å²) in [5.74, 6) is -7.78. The lowest BCUT2D eigenvalue weighted by atomic mass is 9.92. The van der Waals surface area contributed by atoms with Crippen LogP contribution < -0.4 is 15.4 Å². The molecule has 0 unspecified atom stereocenters. The maximum Gasteiger partial charge on any atom is 0.247 e. The Morgan fingerprint density at radius 2 is 1.41 bits per heavy atom. The molecule has 0 saturated carbocycles. The summed E-state index contributed by atoms with van der Waals surface area (Å²) in [4.78, 5) is 83.9. The molecular weight excluding hydrogens is 1020 g/mol. The third-order valence-corrected chi connectivity index (χ3v) is 15.1. The largest absolute Gasteiger partial charge is 0.457 e. The molecular formula is C56H65Cl2F3N8O7. The third kappa shape index (κ3) is 13.9. The van der Waals surface area contributed by atoms with Gasteiger partial charge in [-0.1, -0.05) is 47.5 Å². The van der Waals surface area contributed by atoms with Crippen molar-refractivity contribution in [3.63, 3.8) is 0 Å². The summed E-state index contributed by atoms with van der Waals surface area (Å²) in [6, 6.07) is 15.9. The number of imidazole rings is 1. The van der Waals surface area contributed by atoms with Gasteiger partial charge in [-0.25, -0.2) is 18.2 Å². The van der Waals surface area contributed by atoms with Gasteiger partial charge in [-0.3, -0.25) is 28.9 Å². The van der Waals surface area contributed by atoms with Gasteiger partial charge in [0.05, 0.1) is 37.5 Å². The number of carbonyl (C=O) groups is 5. The Balaban J connectivity index is 1.24. The van der Waals surface area contributed by atoms with Crippen molar-refractivity contribution in [3.05, 3.63) is 135 Å². The minimum absolute atomic E-state index is 0.191. The fourth-order valence-electron chi connectivity index (χ4n) is 9.68. The highest BCUT2D eigenvalue weighted by atomic mass is 35.5. The first-order chi connectivity index (χ1) is 36.2. The van der Waals surface area contributed by atoms with Gasteiger partial charge in [0.1, 0.15) is 29.4 Å². The quantitative estimate of drug-likeness (QED) is 0.111. The van der Waals surface area contributed by atoms with Crippen LogP contribution in [0, 0.1) is 23.4 Å². The van der Waals surface area contributed by atoms with E-state index in [1.807, 2.05) is 25.4 Å². The van der Waals surface area contributed by atoms with Crippen LogP contribution in [0.5, 0.6) is 11.5 Å². The number of hydrogen-bond acceptors (Lipinski definition) is 9. The van der Waals surface area contributed by atoms with Crippen molar-refractivity contribution < 1.29 is 46.6 Å². The van der Waals surface area contributed by atoms with Crippen LogP contribution in [0.3, 0.4) is 0 Å². The van der Waals surface area contributed by atoms with Gasteiger partial charge in [0.2, 0.25) is 29.5 Å². The number of halogens is 5. The van der Waals surface area contributed by atoms with Crippen molar-refractivity contribution in [3.8, 4) is 22.8 Å². The molecule has 3 heterocycles. The molecule has 0 bridgehead atoms. The minimum Gasteiger partial charge on any atom is -0.457 e. The van der Waals surface area contributed by atoms with Gasteiger partial charge in [-0.15, -0.1) is 0 Å². The number of methoxy groups -OCH3 is 1. The zero-order chi connectivity index (χ0) is 55.0. The fraction of sp³-hybridized carbons (Fsp3) is 0.429. The number of rotatable bonds is 13. The minimum atomic E-state index is -1.74. The molecule has 2 aliphatic rings. The van der Waals surface area contributed by atoms with Gasteiger partial charge >= 0.3 is 0 Å². The summed E-state index contributed by atoms with van der Waals surface area (Å²) < 4.78 is 58.5. The Labute approximate surface area is 451 Å². The average molecular weight is 1090 g/mol. The molecule has 0 aliphatic carbocycles. The third-order valence-electron chi connectivity index (χ3n) is 14.6. The highest BCUT2D eigenvalue weighted by Gasteiger charge is 2.38. The van der Waals surface area contributed by atoms with Crippen molar-refractivity contribution in [2.75, 3.05) is 40.9 Å². The van der Waals surface area contributed by atoms with E-state index in [0.29, 0.717) is 21.4 Å². The van der Waals surface area contributed by atoms with Gasteiger partial charge in [-0.2, -0.15) is 0 Å². The number of nitrogens with one attached hydrogen (secondary N) is 2. The van der Waals surface area contributed by atoms with E-state index in [9.17, 15) is 28.0 Å². The van der Waals surface area contributed by atoms with Crippen LogP contribution >= 0.6 is 23.2 Å². The summed E-state index contributed by atoms with van der Waals surface area (Å²) in [5, 5.41) is 6.49. The van der Waals surface area contributed by atoms with E-state index in [-0.39, 0.29) is 37.3 Å². The first-order valence-electron chi connectivity index (χ1n) is 25.3. The molecule has 4 aromatic carbocycles. The molecule has 5 amide bonds. The van der Waals surface area contributed by atoms with Crippen molar-refractivity contribution in [2.24, 2.45) is 13.0 Å². The van der Waals surface area contributed by atoms with Crippen LogP contribution in [0.1, 0.15) is 69.0 Å². The topological polar surface area (TPSA) is 159 Å². The maximum absolute atomic E-state index is 15.5. The molecule has 2 fully saturated rings. The predicted molar refractivity (Wildman–Crippen MR) is 283 cm³/mol. The molecule has 5 aromatic rings. The molecule has 15 nitrogen and oxygen atoms in total. The Hall–Kier alpha value is -6.47. The van der Waals surface area contributed by atoms with Crippen LogP contribution in [0.4, 0.5) is 13.2 Å². The summed E-state index contributed by atoms with van der Waals surface area (Å²) >= 11 is 12.8. The number of benzene rings is 4. The standard InChI is InChI=1S/C56H65Cl2F3N8O7/c1-33-34(2)65(4)55(73)40(25-38-15-21-45(59)53(61)52(38)60)26-51(71)69(35(3)54(72)64-46(32-75-7)56(74)66(5)43(28-50(70)63-33)24-36-10-16-41(57)17-11-36)30-39-12-18-42(58)27-48(39)76-44-19-13-37(14-20-44)47-29-62-49(67(47)6)31-68-22-8-9-23-68/h10-21,27,29,33-35,40,43,46H,8-9,22-26,28,30-32H2,1-7H3,(H,63,70)(H,64,72)/t33-,34-,35-,40+,43-,46-/m0/s1. The molecule has 2 aliphatic heterocycles. The van der Waals surface area contributed by atoms with Crippen molar-refractivity contribution in [2.45, 2.75) is 103 Å². The molecule has 0 radical (unpaired) electrons. The number of likely N-dealkylation sites (N-methyl/N-ethyl adjacent to an activating group) is 2.